The van der Waals surface area contributed by atoms with Gasteiger partial charge in [-0.1, -0.05) is 26.0 Å². The van der Waals surface area contributed by atoms with E-state index in [1.165, 1.54) is 18.0 Å². The van der Waals surface area contributed by atoms with Gasteiger partial charge in [-0.3, -0.25) is 9.10 Å². The number of benzene rings is 1. The molecule has 1 amide bonds. The highest BCUT2D eigenvalue weighted by Gasteiger charge is 2.30. The maximum atomic E-state index is 13.3. The summed E-state index contributed by atoms with van der Waals surface area (Å²) in [5.41, 5.74) is 1.79. The van der Waals surface area contributed by atoms with Gasteiger partial charge in [-0.25, -0.2) is 8.42 Å². The third-order valence-corrected chi connectivity index (χ3v) is 7.86. The third-order valence-electron chi connectivity index (χ3n) is 5.00. The number of likely N-dealkylation sites (N-methyl/N-ethyl adjacent to an activating group) is 1. The van der Waals surface area contributed by atoms with Crippen molar-refractivity contribution in [1.29, 1.82) is 0 Å². The van der Waals surface area contributed by atoms with E-state index in [1.54, 1.807) is 48.8 Å². The molecule has 0 atom stereocenters. The smallest absolute Gasteiger partial charge is 0.269 e. The first-order chi connectivity index (χ1) is 16.3. The summed E-state index contributed by atoms with van der Waals surface area (Å²) in [6.45, 7) is 6.27. The van der Waals surface area contributed by atoms with Crippen LogP contribution in [0.15, 0.2) is 76.2 Å². The number of carbonyl (C=O) groups excluding carboxylic acids is 1. The van der Waals surface area contributed by atoms with E-state index in [9.17, 15) is 18.3 Å². The molecule has 1 aromatic carbocycles. The van der Waals surface area contributed by atoms with E-state index >= 15 is 0 Å². The standard InChI is InChI=1S/C23H26N2O5S2.C2H6/c1-4-30-20-11-9-18(10-12-20)25(3)32(28,29)21-13-14-31-22(21)23(27)24(2)19-8-6-5-7-17(15-19)16-26;1-2/h5-6,8-15,26H,4,7,16H2,1-3H3;1-2H3. The summed E-state index contributed by atoms with van der Waals surface area (Å²) in [6, 6.07) is 8.17. The molecule has 0 bridgehead atoms. The van der Waals surface area contributed by atoms with E-state index < -0.39 is 15.9 Å². The fourth-order valence-corrected chi connectivity index (χ4v) is 5.72. The molecule has 0 fully saturated rings. The van der Waals surface area contributed by atoms with Crippen molar-refractivity contribution in [3.8, 4) is 5.75 Å². The first-order valence-corrected chi connectivity index (χ1v) is 13.4. The van der Waals surface area contributed by atoms with Gasteiger partial charge in [-0.2, -0.15) is 0 Å². The molecule has 3 rings (SSSR count). The number of aliphatic hydroxyl groups is 1. The molecule has 7 nitrogen and oxygen atoms in total. The minimum atomic E-state index is -3.97. The Morgan fingerprint density at radius 3 is 2.44 bits per heavy atom. The number of hydrogen-bond acceptors (Lipinski definition) is 6. The van der Waals surface area contributed by atoms with E-state index in [1.807, 2.05) is 32.9 Å². The van der Waals surface area contributed by atoms with Crippen LogP contribution in [0.1, 0.15) is 36.9 Å². The van der Waals surface area contributed by atoms with Gasteiger partial charge in [0.05, 0.1) is 18.9 Å². The lowest BCUT2D eigenvalue weighted by Gasteiger charge is -2.22. The molecule has 9 heteroatoms. The summed E-state index contributed by atoms with van der Waals surface area (Å²) in [6.07, 6.45) is 7.79. The number of allylic oxidation sites excluding steroid dienone is 4. The molecule has 1 N–H and O–H groups in total. The Morgan fingerprint density at radius 1 is 1.15 bits per heavy atom. The number of anilines is 1. The topological polar surface area (TPSA) is 87.2 Å². The van der Waals surface area contributed by atoms with Crippen LogP contribution >= 0.6 is 11.3 Å². The van der Waals surface area contributed by atoms with Crippen LogP contribution in [0, 0.1) is 0 Å². The Balaban J connectivity index is 0.00000199. The Labute approximate surface area is 206 Å². The molecule has 1 aliphatic carbocycles. The fraction of sp³-hybridized carbons (Fsp3) is 0.320. The summed E-state index contributed by atoms with van der Waals surface area (Å²) in [7, 11) is -0.927. The van der Waals surface area contributed by atoms with Crippen LogP contribution < -0.4 is 9.04 Å². The van der Waals surface area contributed by atoms with Crippen molar-refractivity contribution < 1.29 is 23.1 Å². The number of rotatable bonds is 8. The highest BCUT2D eigenvalue weighted by Crippen LogP contribution is 2.30. The summed E-state index contributed by atoms with van der Waals surface area (Å²) in [5.74, 6) is 0.213. The van der Waals surface area contributed by atoms with Gasteiger partial charge in [0.25, 0.3) is 15.9 Å². The van der Waals surface area contributed by atoms with Gasteiger partial charge in [0.1, 0.15) is 15.5 Å². The normalized spacial score (nSPS) is 13.1. The lowest BCUT2D eigenvalue weighted by Crippen LogP contribution is -2.30. The molecule has 0 saturated heterocycles. The third kappa shape index (κ3) is 6.16. The van der Waals surface area contributed by atoms with Crippen LogP contribution in [0.4, 0.5) is 5.69 Å². The minimum Gasteiger partial charge on any atom is -0.494 e. The summed E-state index contributed by atoms with van der Waals surface area (Å²) in [4.78, 5) is 14.7. The highest BCUT2D eigenvalue weighted by atomic mass is 32.2. The first kappa shape index (κ1) is 27.4. The zero-order valence-electron chi connectivity index (χ0n) is 20.2. The molecule has 1 heterocycles. The Kier molecular flexibility index (Phi) is 10.1. The van der Waals surface area contributed by atoms with Crippen molar-refractivity contribution in [3.63, 3.8) is 0 Å². The van der Waals surface area contributed by atoms with E-state index in [-0.39, 0.29) is 16.4 Å². The molecule has 0 spiro atoms. The number of amides is 1. The lowest BCUT2D eigenvalue weighted by molar-refractivity contribution is 0.0841. The second-order valence-electron chi connectivity index (χ2n) is 7.06. The van der Waals surface area contributed by atoms with Gasteiger partial charge in [0.15, 0.2) is 0 Å². The SMILES string of the molecule is CC.CCOc1ccc(N(C)S(=O)(=O)c2ccsc2C(=O)N(C)C2=CC=CCC(CO)=C2)cc1. The summed E-state index contributed by atoms with van der Waals surface area (Å²) < 4.78 is 33.2. The molecule has 0 radical (unpaired) electrons. The van der Waals surface area contributed by atoms with Crippen LogP contribution in [0.25, 0.3) is 0 Å². The molecular weight excluding hydrogens is 472 g/mol. The number of sulfonamides is 1. The Bertz CT molecular complexity index is 1160. The molecule has 2 aromatic rings. The maximum absolute atomic E-state index is 13.3. The van der Waals surface area contributed by atoms with Crippen LogP contribution in [0.3, 0.4) is 0 Å². The van der Waals surface area contributed by atoms with Crippen LogP contribution in [0.5, 0.6) is 5.75 Å². The predicted octanol–water partition coefficient (Wildman–Crippen LogP) is 4.83. The second kappa shape index (κ2) is 12.5. The molecule has 1 aliphatic rings. The fourth-order valence-electron chi connectivity index (χ4n) is 3.15. The number of thiophene rings is 1. The molecule has 34 heavy (non-hydrogen) atoms. The number of hydrogen-bond donors (Lipinski definition) is 1. The number of ether oxygens (including phenoxy) is 1. The zero-order chi connectivity index (χ0) is 25.3. The monoisotopic (exact) mass is 504 g/mol. The van der Waals surface area contributed by atoms with Crippen LogP contribution in [-0.4, -0.2) is 51.6 Å². The van der Waals surface area contributed by atoms with Crippen molar-refractivity contribution in [2.75, 3.05) is 31.6 Å². The first-order valence-electron chi connectivity index (χ1n) is 11.0. The molecular formula is C25H32N2O5S2. The van der Waals surface area contributed by atoms with Crippen LogP contribution in [0.2, 0.25) is 0 Å². The summed E-state index contributed by atoms with van der Waals surface area (Å²) in [5, 5.41) is 11.1. The maximum Gasteiger partial charge on any atom is 0.269 e. The van der Waals surface area contributed by atoms with Gasteiger partial charge in [-0.15, -0.1) is 11.3 Å². The minimum absolute atomic E-state index is 0.0492. The lowest BCUT2D eigenvalue weighted by atomic mass is 10.2. The van der Waals surface area contributed by atoms with Crippen molar-refractivity contribution in [2.24, 2.45) is 0 Å². The molecule has 0 saturated carbocycles. The van der Waals surface area contributed by atoms with Gasteiger partial charge < -0.3 is 14.7 Å². The van der Waals surface area contributed by atoms with E-state index in [0.717, 1.165) is 21.2 Å². The molecule has 0 unspecified atom stereocenters. The van der Waals surface area contributed by atoms with Gasteiger partial charge in [-0.05, 0) is 66.8 Å². The van der Waals surface area contributed by atoms with E-state index in [4.69, 9.17) is 4.74 Å². The van der Waals surface area contributed by atoms with Gasteiger partial charge in [0, 0.05) is 19.8 Å². The average Bonchev–Trinajstić information content (AvgIpc) is 3.24. The highest BCUT2D eigenvalue weighted by molar-refractivity contribution is 7.93. The number of carbonyl (C=O) groups is 1. The number of nitrogens with zero attached hydrogens (tertiary/aromatic N) is 2. The second-order valence-corrected chi connectivity index (χ2v) is 9.92. The van der Waals surface area contributed by atoms with Crippen molar-refractivity contribution in [3.05, 3.63) is 76.2 Å². The van der Waals surface area contributed by atoms with Gasteiger partial charge in [0.2, 0.25) is 0 Å². The molecule has 1 aromatic heterocycles. The van der Waals surface area contributed by atoms with E-state index in [0.29, 0.717) is 30.2 Å². The summed E-state index contributed by atoms with van der Waals surface area (Å²) >= 11 is 1.08. The Hall–Kier alpha value is -2.88. The molecule has 184 valence electrons. The molecule has 0 aliphatic heterocycles. The number of aliphatic hydroxyl groups excluding tert-OH is 1. The van der Waals surface area contributed by atoms with Crippen molar-refractivity contribution in [1.82, 2.24) is 4.90 Å². The average molecular weight is 505 g/mol. The van der Waals surface area contributed by atoms with Crippen LogP contribution in [-0.2, 0) is 10.0 Å². The van der Waals surface area contributed by atoms with Crippen molar-refractivity contribution >= 4 is 33.0 Å². The zero-order valence-corrected chi connectivity index (χ0v) is 21.8. The van der Waals surface area contributed by atoms with Gasteiger partial charge >= 0.3 is 0 Å². The predicted molar refractivity (Wildman–Crippen MR) is 138 cm³/mol. The quantitative estimate of drug-likeness (QED) is 0.556. The Morgan fingerprint density at radius 2 is 1.82 bits per heavy atom. The van der Waals surface area contributed by atoms with E-state index in [2.05, 4.69) is 0 Å². The largest absolute Gasteiger partial charge is 0.494 e. The van der Waals surface area contributed by atoms with Crippen molar-refractivity contribution in [2.45, 2.75) is 32.1 Å².